The number of nitrogens with two attached hydrogens (primary N) is 1. The number of halogens is 1. The molecule has 3 heteroatoms. The highest BCUT2D eigenvalue weighted by Gasteiger charge is 2.23. The third kappa shape index (κ3) is 5.07. The van der Waals surface area contributed by atoms with E-state index in [1.165, 1.54) is 5.56 Å². The molecule has 98 valence electrons. The van der Waals surface area contributed by atoms with Crippen LogP contribution in [0.1, 0.15) is 44.4 Å². The molecule has 0 aromatic heterocycles. The summed E-state index contributed by atoms with van der Waals surface area (Å²) in [6.45, 7) is 8.32. The van der Waals surface area contributed by atoms with E-state index in [0.29, 0.717) is 6.42 Å². The van der Waals surface area contributed by atoms with Crippen LogP contribution < -0.4 is 5.73 Å². The summed E-state index contributed by atoms with van der Waals surface area (Å²) in [5, 5.41) is 10.1. The lowest BCUT2D eigenvalue weighted by Crippen LogP contribution is -2.36. The average Bonchev–Trinajstić information content (AvgIpc) is 2.16. The zero-order chi connectivity index (χ0) is 12.3. The van der Waals surface area contributed by atoms with Crippen LogP contribution in [0.4, 0.5) is 0 Å². The topological polar surface area (TPSA) is 46.2 Å². The van der Waals surface area contributed by atoms with Gasteiger partial charge in [0, 0.05) is 6.04 Å². The fraction of sp³-hybridized carbons (Fsp3) is 0.571. The molecule has 1 rings (SSSR count). The van der Waals surface area contributed by atoms with Gasteiger partial charge in [0.15, 0.2) is 0 Å². The summed E-state index contributed by atoms with van der Waals surface area (Å²) in [6.07, 6.45) is 0.140. The van der Waals surface area contributed by atoms with Crippen LogP contribution in [0.2, 0.25) is 0 Å². The van der Waals surface area contributed by atoms with Crippen LogP contribution in [0.25, 0.3) is 0 Å². The fourth-order valence-corrected chi connectivity index (χ4v) is 1.61. The van der Waals surface area contributed by atoms with Gasteiger partial charge in [-0.25, -0.2) is 0 Å². The van der Waals surface area contributed by atoms with Gasteiger partial charge < -0.3 is 10.8 Å². The molecule has 0 aliphatic carbocycles. The summed E-state index contributed by atoms with van der Waals surface area (Å²) in [5.74, 6) is 0. The van der Waals surface area contributed by atoms with E-state index < -0.39 is 6.10 Å². The summed E-state index contributed by atoms with van der Waals surface area (Å²) in [6, 6.07) is 7.96. The minimum absolute atomic E-state index is 0. The molecule has 0 bridgehead atoms. The summed E-state index contributed by atoms with van der Waals surface area (Å²) in [7, 11) is 0. The van der Waals surface area contributed by atoms with Crippen LogP contribution in [-0.4, -0.2) is 11.1 Å². The van der Waals surface area contributed by atoms with E-state index >= 15 is 0 Å². The predicted octanol–water partition coefficient (Wildman–Crippen LogP) is 3.21. The first kappa shape index (κ1) is 16.4. The molecule has 0 heterocycles. The largest absolute Gasteiger partial charge is 0.388 e. The number of aryl methyl sites for hydroxylation is 1. The Bertz CT molecular complexity index is 346. The number of benzene rings is 1. The molecule has 0 spiro atoms. The lowest BCUT2D eigenvalue weighted by Gasteiger charge is -2.29. The predicted molar refractivity (Wildman–Crippen MR) is 75.4 cm³/mol. The lowest BCUT2D eigenvalue weighted by molar-refractivity contribution is 0.133. The molecule has 1 aromatic carbocycles. The maximum absolute atomic E-state index is 10.1. The van der Waals surface area contributed by atoms with Gasteiger partial charge in [-0.2, -0.15) is 0 Å². The number of hydrogen-bond donors (Lipinski definition) is 2. The lowest BCUT2D eigenvalue weighted by atomic mass is 9.83. The first-order chi connectivity index (χ1) is 7.30. The Labute approximate surface area is 111 Å². The maximum atomic E-state index is 10.1. The van der Waals surface area contributed by atoms with E-state index in [9.17, 15) is 5.11 Å². The number of aliphatic hydroxyl groups is 1. The van der Waals surface area contributed by atoms with Gasteiger partial charge in [-0.05, 0) is 24.3 Å². The summed E-state index contributed by atoms with van der Waals surface area (Å²) in [5.41, 5.74) is 8.23. The standard InChI is InChI=1S/C14H23NO.ClH/c1-10-6-5-7-11(8-10)12(16)9-13(15)14(2,3)4;/h5-8,12-13,16H,9,15H2,1-4H3;1H/t12-,13+;/m1./s1. The van der Waals surface area contributed by atoms with Crippen LogP contribution in [0.15, 0.2) is 24.3 Å². The summed E-state index contributed by atoms with van der Waals surface area (Å²) >= 11 is 0. The normalized spacial score (nSPS) is 14.9. The minimum atomic E-state index is -0.464. The van der Waals surface area contributed by atoms with Crippen molar-refractivity contribution in [3.8, 4) is 0 Å². The first-order valence-electron chi connectivity index (χ1n) is 5.81. The van der Waals surface area contributed by atoms with E-state index in [4.69, 9.17) is 5.73 Å². The number of aliphatic hydroxyl groups excluding tert-OH is 1. The van der Waals surface area contributed by atoms with Crippen LogP contribution in [0, 0.1) is 12.3 Å². The zero-order valence-corrected chi connectivity index (χ0v) is 11.9. The Kier molecular flexibility index (Phi) is 6.17. The molecule has 3 N–H and O–H groups in total. The van der Waals surface area contributed by atoms with Gasteiger partial charge in [0.05, 0.1) is 6.10 Å². The Morgan fingerprint density at radius 3 is 2.35 bits per heavy atom. The smallest absolute Gasteiger partial charge is 0.0805 e. The second-order valence-electron chi connectivity index (χ2n) is 5.64. The zero-order valence-electron chi connectivity index (χ0n) is 11.1. The van der Waals surface area contributed by atoms with Gasteiger partial charge in [0.1, 0.15) is 0 Å². The third-order valence-corrected chi connectivity index (χ3v) is 3.02. The molecule has 1 aromatic rings. The van der Waals surface area contributed by atoms with Crippen molar-refractivity contribution in [2.24, 2.45) is 11.1 Å². The molecule has 2 atom stereocenters. The van der Waals surface area contributed by atoms with Gasteiger partial charge in [0.25, 0.3) is 0 Å². The Morgan fingerprint density at radius 1 is 1.29 bits per heavy atom. The van der Waals surface area contributed by atoms with Crippen LogP contribution in [-0.2, 0) is 0 Å². The third-order valence-electron chi connectivity index (χ3n) is 3.02. The van der Waals surface area contributed by atoms with Crippen molar-refractivity contribution < 1.29 is 5.11 Å². The molecule has 17 heavy (non-hydrogen) atoms. The highest BCUT2D eigenvalue weighted by atomic mass is 35.5. The molecular formula is C14H24ClNO. The highest BCUT2D eigenvalue weighted by Crippen LogP contribution is 2.26. The van der Waals surface area contributed by atoms with Crippen molar-refractivity contribution in [2.75, 3.05) is 0 Å². The Morgan fingerprint density at radius 2 is 1.88 bits per heavy atom. The molecule has 0 unspecified atom stereocenters. The molecule has 0 saturated carbocycles. The second-order valence-corrected chi connectivity index (χ2v) is 5.64. The highest BCUT2D eigenvalue weighted by molar-refractivity contribution is 5.85. The molecule has 2 nitrogen and oxygen atoms in total. The van der Waals surface area contributed by atoms with Gasteiger partial charge in [-0.3, -0.25) is 0 Å². The number of rotatable bonds is 3. The van der Waals surface area contributed by atoms with Crippen molar-refractivity contribution >= 4 is 12.4 Å². The molecule has 0 aliphatic heterocycles. The van der Waals surface area contributed by atoms with Gasteiger partial charge >= 0.3 is 0 Å². The van der Waals surface area contributed by atoms with Gasteiger partial charge in [-0.15, -0.1) is 12.4 Å². The van der Waals surface area contributed by atoms with Crippen molar-refractivity contribution in [1.82, 2.24) is 0 Å². The monoisotopic (exact) mass is 257 g/mol. The Balaban J connectivity index is 0.00000256. The van der Waals surface area contributed by atoms with Crippen molar-refractivity contribution in [2.45, 2.75) is 46.3 Å². The summed E-state index contributed by atoms with van der Waals surface area (Å²) in [4.78, 5) is 0. The molecule has 0 amide bonds. The molecule has 0 radical (unpaired) electrons. The summed E-state index contributed by atoms with van der Waals surface area (Å²) < 4.78 is 0. The second kappa shape index (κ2) is 6.39. The van der Waals surface area contributed by atoms with Gasteiger partial charge in [-0.1, -0.05) is 50.6 Å². The maximum Gasteiger partial charge on any atom is 0.0805 e. The van der Waals surface area contributed by atoms with Crippen LogP contribution in [0.5, 0.6) is 0 Å². The average molecular weight is 258 g/mol. The SMILES string of the molecule is Cc1cccc([C@H](O)C[C@H](N)C(C)(C)C)c1.Cl. The van der Waals surface area contributed by atoms with E-state index in [2.05, 4.69) is 20.8 Å². The number of hydrogen-bond acceptors (Lipinski definition) is 2. The minimum Gasteiger partial charge on any atom is -0.388 e. The van der Waals surface area contributed by atoms with Gasteiger partial charge in [0.2, 0.25) is 0 Å². The fourth-order valence-electron chi connectivity index (χ4n) is 1.61. The van der Waals surface area contributed by atoms with Crippen molar-refractivity contribution in [1.29, 1.82) is 0 Å². The van der Waals surface area contributed by atoms with E-state index in [-0.39, 0.29) is 23.9 Å². The van der Waals surface area contributed by atoms with E-state index in [1.807, 2.05) is 31.2 Å². The molecular weight excluding hydrogens is 234 g/mol. The molecule has 0 fully saturated rings. The first-order valence-corrected chi connectivity index (χ1v) is 5.81. The van der Waals surface area contributed by atoms with E-state index in [1.54, 1.807) is 0 Å². The van der Waals surface area contributed by atoms with Crippen LogP contribution >= 0.6 is 12.4 Å². The quantitative estimate of drug-likeness (QED) is 0.874. The van der Waals surface area contributed by atoms with Crippen LogP contribution in [0.3, 0.4) is 0 Å². The van der Waals surface area contributed by atoms with Crippen molar-refractivity contribution in [3.63, 3.8) is 0 Å². The molecule has 0 saturated heterocycles. The van der Waals surface area contributed by atoms with Crippen molar-refractivity contribution in [3.05, 3.63) is 35.4 Å². The Hall–Kier alpha value is -0.570. The van der Waals surface area contributed by atoms with E-state index in [0.717, 1.165) is 5.56 Å². The molecule has 0 aliphatic rings.